The summed E-state index contributed by atoms with van der Waals surface area (Å²) < 4.78 is 4.70. The molecule has 0 spiro atoms. The predicted octanol–water partition coefficient (Wildman–Crippen LogP) is 0.346. The van der Waals surface area contributed by atoms with Gasteiger partial charge in [0.15, 0.2) is 0 Å². The fourth-order valence-corrected chi connectivity index (χ4v) is 0.891. The number of hydrogen-bond acceptors (Lipinski definition) is 4. The molecule has 82 valence electrons. The van der Waals surface area contributed by atoms with Crippen molar-refractivity contribution in [1.82, 2.24) is 4.90 Å². The second-order valence-corrected chi connectivity index (χ2v) is 3.30. The maximum atomic E-state index is 10.7. The normalized spacial score (nSPS) is 10.2. The fraction of sp³-hybridized carbons (Fsp3) is 0.778. The summed E-state index contributed by atoms with van der Waals surface area (Å²) in [5.74, 6) is -1.81. The lowest BCUT2D eigenvalue weighted by Gasteiger charge is -2.08. The Morgan fingerprint density at radius 2 is 1.93 bits per heavy atom. The lowest BCUT2D eigenvalue weighted by molar-refractivity contribution is -0.151. The number of rotatable bonds is 7. The number of carboxylic acids is 1. The van der Waals surface area contributed by atoms with Crippen LogP contribution in [-0.2, 0) is 14.3 Å². The smallest absolute Gasteiger partial charge is 0.317 e. The number of unbranched alkanes of at least 4 members (excludes halogenated alkanes) is 1. The highest BCUT2D eigenvalue weighted by atomic mass is 16.5. The molecule has 0 saturated heterocycles. The molecular formula is C9H17NO4. The van der Waals surface area contributed by atoms with E-state index in [-0.39, 0.29) is 0 Å². The van der Waals surface area contributed by atoms with Crippen LogP contribution in [0.5, 0.6) is 0 Å². The molecule has 0 unspecified atom stereocenters. The largest absolute Gasteiger partial charge is 0.481 e. The van der Waals surface area contributed by atoms with Gasteiger partial charge in [0, 0.05) is 0 Å². The van der Waals surface area contributed by atoms with Crippen LogP contribution in [0, 0.1) is 0 Å². The molecule has 0 aromatic rings. The zero-order chi connectivity index (χ0) is 11.0. The van der Waals surface area contributed by atoms with Gasteiger partial charge >= 0.3 is 11.9 Å². The molecule has 14 heavy (non-hydrogen) atoms. The summed E-state index contributed by atoms with van der Waals surface area (Å²) in [5.41, 5.74) is 0. The average Bonchev–Trinajstić information content (AvgIpc) is 2.01. The Morgan fingerprint density at radius 3 is 2.43 bits per heavy atom. The van der Waals surface area contributed by atoms with Crippen LogP contribution >= 0.6 is 0 Å². The minimum Gasteiger partial charge on any atom is -0.481 e. The van der Waals surface area contributed by atoms with Crippen LogP contribution < -0.4 is 0 Å². The second-order valence-electron chi connectivity index (χ2n) is 3.30. The van der Waals surface area contributed by atoms with Crippen molar-refractivity contribution in [3.05, 3.63) is 0 Å². The van der Waals surface area contributed by atoms with E-state index in [0.29, 0.717) is 6.61 Å². The summed E-state index contributed by atoms with van der Waals surface area (Å²) in [6.07, 6.45) is 1.16. The van der Waals surface area contributed by atoms with Crippen LogP contribution in [-0.4, -0.2) is 49.2 Å². The van der Waals surface area contributed by atoms with Gasteiger partial charge in [0.05, 0.1) is 6.61 Å². The number of esters is 1. The molecule has 0 aliphatic carbocycles. The van der Waals surface area contributed by atoms with Crippen molar-refractivity contribution < 1.29 is 19.4 Å². The van der Waals surface area contributed by atoms with Gasteiger partial charge in [-0.25, -0.2) is 0 Å². The van der Waals surface area contributed by atoms with Gasteiger partial charge in [-0.15, -0.1) is 0 Å². The van der Waals surface area contributed by atoms with Crippen LogP contribution in [0.2, 0.25) is 0 Å². The Morgan fingerprint density at radius 1 is 1.29 bits per heavy atom. The molecule has 0 aromatic heterocycles. The van der Waals surface area contributed by atoms with E-state index in [1.807, 2.05) is 19.0 Å². The molecule has 0 bridgehead atoms. The number of carbonyl (C=O) groups excluding carboxylic acids is 1. The molecule has 0 amide bonds. The molecular weight excluding hydrogens is 186 g/mol. The van der Waals surface area contributed by atoms with Gasteiger partial charge in [-0.05, 0) is 33.5 Å². The Kier molecular flexibility index (Phi) is 6.74. The second kappa shape index (κ2) is 7.32. The lowest BCUT2D eigenvalue weighted by Crippen LogP contribution is -2.15. The van der Waals surface area contributed by atoms with Crippen molar-refractivity contribution in [2.45, 2.75) is 19.3 Å². The monoisotopic (exact) mass is 203 g/mol. The fourth-order valence-electron chi connectivity index (χ4n) is 0.891. The van der Waals surface area contributed by atoms with E-state index in [9.17, 15) is 9.59 Å². The van der Waals surface area contributed by atoms with Crippen LogP contribution in [0.4, 0.5) is 0 Å². The van der Waals surface area contributed by atoms with Crippen LogP contribution in [0.1, 0.15) is 19.3 Å². The van der Waals surface area contributed by atoms with E-state index in [1.54, 1.807) is 0 Å². The SMILES string of the molecule is CN(C)CCCCOC(=O)CC(=O)O. The highest BCUT2D eigenvalue weighted by Crippen LogP contribution is 1.94. The van der Waals surface area contributed by atoms with Gasteiger partial charge in [-0.2, -0.15) is 0 Å². The minimum atomic E-state index is -1.15. The van der Waals surface area contributed by atoms with Gasteiger partial charge in [0.25, 0.3) is 0 Å². The highest BCUT2D eigenvalue weighted by Gasteiger charge is 2.07. The number of carbonyl (C=O) groups is 2. The zero-order valence-corrected chi connectivity index (χ0v) is 8.65. The molecule has 0 aliphatic heterocycles. The van der Waals surface area contributed by atoms with Gasteiger partial charge in [0.1, 0.15) is 6.42 Å². The number of hydrogen-bond donors (Lipinski definition) is 1. The summed E-state index contributed by atoms with van der Waals surface area (Å²) in [4.78, 5) is 22.9. The van der Waals surface area contributed by atoms with Crippen LogP contribution in [0.15, 0.2) is 0 Å². The maximum absolute atomic E-state index is 10.7. The highest BCUT2D eigenvalue weighted by molar-refractivity contribution is 5.90. The summed E-state index contributed by atoms with van der Waals surface area (Å²) in [7, 11) is 3.94. The number of carboxylic acid groups (broad SMARTS) is 1. The Hall–Kier alpha value is -1.10. The minimum absolute atomic E-state index is 0.306. The van der Waals surface area contributed by atoms with Crippen LogP contribution in [0.3, 0.4) is 0 Å². The number of ether oxygens (including phenoxy) is 1. The molecule has 1 N–H and O–H groups in total. The van der Waals surface area contributed by atoms with Crippen LogP contribution in [0.25, 0.3) is 0 Å². The number of nitrogens with zero attached hydrogens (tertiary/aromatic N) is 1. The van der Waals surface area contributed by atoms with E-state index >= 15 is 0 Å². The van der Waals surface area contributed by atoms with E-state index in [4.69, 9.17) is 9.84 Å². The first-order chi connectivity index (χ1) is 6.52. The Bertz CT molecular complexity index is 191. The summed E-state index contributed by atoms with van der Waals surface area (Å²) >= 11 is 0. The molecule has 0 radical (unpaired) electrons. The van der Waals surface area contributed by atoms with E-state index < -0.39 is 18.4 Å². The first-order valence-electron chi connectivity index (χ1n) is 4.54. The quantitative estimate of drug-likeness (QED) is 0.367. The van der Waals surface area contributed by atoms with E-state index in [2.05, 4.69) is 0 Å². The molecule has 0 saturated carbocycles. The van der Waals surface area contributed by atoms with Crippen molar-refractivity contribution in [1.29, 1.82) is 0 Å². The van der Waals surface area contributed by atoms with E-state index in [1.165, 1.54) is 0 Å². The van der Waals surface area contributed by atoms with Crippen molar-refractivity contribution in [2.24, 2.45) is 0 Å². The summed E-state index contributed by atoms with van der Waals surface area (Å²) in [6, 6.07) is 0. The molecule has 0 aliphatic rings. The van der Waals surface area contributed by atoms with Gasteiger partial charge in [0.2, 0.25) is 0 Å². The Balaban J connectivity index is 3.27. The van der Waals surface area contributed by atoms with Crippen molar-refractivity contribution >= 4 is 11.9 Å². The third-order valence-electron chi connectivity index (χ3n) is 1.56. The molecule has 0 heterocycles. The maximum Gasteiger partial charge on any atom is 0.317 e. The topological polar surface area (TPSA) is 66.8 Å². The number of aliphatic carboxylic acids is 1. The first kappa shape index (κ1) is 12.9. The van der Waals surface area contributed by atoms with Gasteiger partial charge in [-0.3, -0.25) is 9.59 Å². The first-order valence-corrected chi connectivity index (χ1v) is 4.54. The van der Waals surface area contributed by atoms with Crippen molar-refractivity contribution in [3.63, 3.8) is 0 Å². The zero-order valence-electron chi connectivity index (χ0n) is 8.65. The summed E-state index contributed by atoms with van der Waals surface area (Å²) in [5, 5.41) is 8.25. The van der Waals surface area contributed by atoms with E-state index in [0.717, 1.165) is 19.4 Å². The molecule has 0 rings (SSSR count). The molecule has 0 fully saturated rings. The molecule has 5 nitrogen and oxygen atoms in total. The van der Waals surface area contributed by atoms with Gasteiger partial charge < -0.3 is 14.7 Å². The standard InChI is InChI=1S/C9H17NO4/c1-10(2)5-3-4-6-14-9(13)7-8(11)12/h3-7H2,1-2H3,(H,11,12). The lowest BCUT2D eigenvalue weighted by atomic mass is 10.3. The average molecular weight is 203 g/mol. The van der Waals surface area contributed by atoms with Crippen molar-refractivity contribution in [3.8, 4) is 0 Å². The van der Waals surface area contributed by atoms with Crippen molar-refractivity contribution in [2.75, 3.05) is 27.2 Å². The predicted molar refractivity (Wildman–Crippen MR) is 51.0 cm³/mol. The molecule has 5 heteroatoms. The van der Waals surface area contributed by atoms with Gasteiger partial charge in [-0.1, -0.05) is 0 Å². The molecule has 0 atom stereocenters. The molecule has 0 aromatic carbocycles. The Labute approximate surface area is 83.6 Å². The third-order valence-corrected chi connectivity index (χ3v) is 1.56. The summed E-state index contributed by atoms with van der Waals surface area (Å²) in [6.45, 7) is 1.25. The third kappa shape index (κ3) is 8.99.